The Bertz CT molecular complexity index is 813. The first-order valence-electron chi connectivity index (χ1n) is 6.43. The third-order valence-corrected chi connectivity index (χ3v) is 3.91. The average Bonchev–Trinajstić information content (AvgIpc) is 2.86. The largest absolute Gasteiger partial charge is 0.338 e. The molecular weight excluding hydrogens is 335 g/mol. The van der Waals surface area contributed by atoms with Crippen LogP contribution in [0.2, 0.25) is 0 Å². The van der Waals surface area contributed by atoms with Gasteiger partial charge in [-0.2, -0.15) is 0 Å². The van der Waals surface area contributed by atoms with E-state index in [1.165, 1.54) is 6.07 Å². The maximum Gasteiger partial charge on any atom is 0.244 e. The second-order valence-corrected chi connectivity index (χ2v) is 5.50. The molecule has 2 aromatic carbocycles. The molecule has 3 nitrogen and oxygen atoms in total. The van der Waals surface area contributed by atoms with Crippen molar-refractivity contribution in [2.45, 2.75) is 6.54 Å². The molecule has 3 aromatic rings. The Balaban J connectivity index is 1.81. The van der Waals surface area contributed by atoms with E-state index in [2.05, 4.69) is 21.2 Å². The maximum atomic E-state index is 13.6. The number of rotatable bonds is 3. The van der Waals surface area contributed by atoms with E-state index in [0.29, 0.717) is 16.6 Å². The second kappa shape index (κ2) is 5.69. The van der Waals surface area contributed by atoms with Crippen molar-refractivity contribution in [1.29, 1.82) is 0 Å². The molecule has 0 aliphatic carbocycles. The molecule has 0 unspecified atom stereocenters. The molecule has 1 N–H and O–H groups in total. The van der Waals surface area contributed by atoms with Crippen molar-refractivity contribution < 1.29 is 9.18 Å². The van der Waals surface area contributed by atoms with E-state index in [-0.39, 0.29) is 18.3 Å². The number of hydrogen-bond acceptors (Lipinski definition) is 1. The van der Waals surface area contributed by atoms with Gasteiger partial charge in [-0.05, 0) is 46.3 Å². The highest BCUT2D eigenvalue weighted by Gasteiger charge is 2.09. The highest BCUT2D eigenvalue weighted by molar-refractivity contribution is 9.10. The summed E-state index contributed by atoms with van der Waals surface area (Å²) in [6.07, 6.45) is 1.72. The Labute approximate surface area is 129 Å². The zero-order chi connectivity index (χ0) is 14.8. The van der Waals surface area contributed by atoms with Crippen LogP contribution in [0.15, 0.2) is 59.2 Å². The fraction of sp³-hybridized carbons (Fsp3) is 0.0625. The van der Waals surface area contributed by atoms with Gasteiger partial charge in [0, 0.05) is 16.1 Å². The molecule has 0 radical (unpaired) electrons. The van der Waals surface area contributed by atoms with Gasteiger partial charge in [0.2, 0.25) is 5.91 Å². The van der Waals surface area contributed by atoms with Crippen molar-refractivity contribution in [1.82, 2.24) is 4.57 Å². The SMILES string of the molecule is O=C(Cn1ccc2c(F)cccc21)Nc1ccccc1Br. The molecule has 21 heavy (non-hydrogen) atoms. The van der Waals surface area contributed by atoms with Gasteiger partial charge in [-0.3, -0.25) is 4.79 Å². The third kappa shape index (κ3) is 2.83. The quantitative estimate of drug-likeness (QED) is 0.758. The zero-order valence-electron chi connectivity index (χ0n) is 11.0. The van der Waals surface area contributed by atoms with Gasteiger partial charge >= 0.3 is 0 Å². The molecule has 1 heterocycles. The Morgan fingerprint density at radius 2 is 1.95 bits per heavy atom. The number of amides is 1. The smallest absolute Gasteiger partial charge is 0.244 e. The van der Waals surface area contributed by atoms with Gasteiger partial charge in [-0.1, -0.05) is 18.2 Å². The minimum atomic E-state index is -0.280. The van der Waals surface area contributed by atoms with Gasteiger partial charge in [0.1, 0.15) is 12.4 Å². The Hall–Kier alpha value is -2.14. The number of para-hydroxylation sites is 1. The third-order valence-electron chi connectivity index (χ3n) is 3.22. The number of carbonyl (C=O) groups is 1. The average molecular weight is 347 g/mol. The topological polar surface area (TPSA) is 34.0 Å². The number of anilines is 1. The fourth-order valence-electron chi connectivity index (χ4n) is 2.23. The Morgan fingerprint density at radius 3 is 2.76 bits per heavy atom. The van der Waals surface area contributed by atoms with Crippen LogP contribution in [-0.4, -0.2) is 10.5 Å². The monoisotopic (exact) mass is 346 g/mol. The number of halogens is 2. The first kappa shape index (κ1) is 13.8. The van der Waals surface area contributed by atoms with E-state index in [0.717, 1.165) is 4.47 Å². The van der Waals surface area contributed by atoms with Crippen molar-refractivity contribution in [2.24, 2.45) is 0 Å². The van der Waals surface area contributed by atoms with Crippen LogP contribution in [-0.2, 0) is 11.3 Å². The van der Waals surface area contributed by atoms with E-state index in [1.54, 1.807) is 29.0 Å². The summed E-state index contributed by atoms with van der Waals surface area (Å²) in [6.45, 7) is 0.133. The van der Waals surface area contributed by atoms with Crippen LogP contribution in [0.4, 0.5) is 10.1 Å². The van der Waals surface area contributed by atoms with Gasteiger partial charge in [-0.15, -0.1) is 0 Å². The van der Waals surface area contributed by atoms with Crippen LogP contribution in [0.3, 0.4) is 0 Å². The van der Waals surface area contributed by atoms with Crippen molar-refractivity contribution in [3.8, 4) is 0 Å². The lowest BCUT2D eigenvalue weighted by Gasteiger charge is -2.09. The summed E-state index contributed by atoms with van der Waals surface area (Å²) in [7, 11) is 0. The molecular formula is C16H12BrFN2O. The van der Waals surface area contributed by atoms with E-state index < -0.39 is 0 Å². The molecule has 0 spiro atoms. The molecule has 0 saturated heterocycles. The second-order valence-electron chi connectivity index (χ2n) is 4.64. The first-order chi connectivity index (χ1) is 10.1. The maximum absolute atomic E-state index is 13.6. The number of benzene rings is 2. The lowest BCUT2D eigenvalue weighted by molar-refractivity contribution is -0.116. The van der Waals surface area contributed by atoms with Gasteiger partial charge < -0.3 is 9.88 Å². The van der Waals surface area contributed by atoms with Crippen LogP contribution in [0.1, 0.15) is 0 Å². The van der Waals surface area contributed by atoms with Gasteiger partial charge in [0.05, 0.1) is 11.2 Å². The van der Waals surface area contributed by atoms with Crippen LogP contribution >= 0.6 is 15.9 Å². The van der Waals surface area contributed by atoms with Crippen molar-refractivity contribution in [3.63, 3.8) is 0 Å². The molecule has 0 atom stereocenters. The van der Waals surface area contributed by atoms with Crippen LogP contribution in [0.25, 0.3) is 10.9 Å². The fourth-order valence-corrected chi connectivity index (χ4v) is 2.61. The van der Waals surface area contributed by atoms with Crippen LogP contribution in [0.5, 0.6) is 0 Å². The predicted octanol–water partition coefficient (Wildman–Crippen LogP) is 4.18. The molecule has 5 heteroatoms. The van der Waals surface area contributed by atoms with Crippen molar-refractivity contribution in [3.05, 3.63) is 65.0 Å². The number of nitrogens with zero attached hydrogens (tertiary/aromatic N) is 1. The predicted molar refractivity (Wildman–Crippen MR) is 84.7 cm³/mol. The summed E-state index contributed by atoms with van der Waals surface area (Å²) >= 11 is 3.38. The van der Waals surface area contributed by atoms with Crippen molar-refractivity contribution >= 4 is 38.4 Å². The summed E-state index contributed by atoms with van der Waals surface area (Å²) in [4.78, 5) is 12.1. The zero-order valence-corrected chi connectivity index (χ0v) is 12.6. The number of hydrogen-bond donors (Lipinski definition) is 1. The lowest BCUT2D eigenvalue weighted by atomic mass is 10.2. The number of nitrogens with one attached hydrogen (secondary N) is 1. The van der Waals surface area contributed by atoms with E-state index in [1.807, 2.05) is 24.3 Å². The molecule has 0 fully saturated rings. The van der Waals surface area contributed by atoms with E-state index in [4.69, 9.17) is 0 Å². The lowest BCUT2D eigenvalue weighted by Crippen LogP contribution is -2.18. The molecule has 0 aliphatic rings. The van der Waals surface area contributed by atoms with Crippen molar-refractivity contribution in [2.75, 3.05) is 5.32 Å². The highest BCUT2D eigenvalue weighted by atomic mass is 79.9. The summed E-state index contributed by atoms with van der Waals surface area (Å²) in [5.41, 5.74) is 1.42. The standard InChI is InChI=1S/C16H12BrFN2O/c17-12-4-1-2-6-14(12)19-16(21)10-20-9-8-11-13(18)5-3-7-15(11)20/h1-9H,10H2,(H,19,21). The number of carbonyl (C=O) groups excluding carboxylic acids is 1. The normalized spacial score (nSPS) is 10.8. The molecule has 106 valence electrons. The molecule has 0 bridgehead atoms. The number of aromatic nitrogens is 1. The molecule has 3 rings (SSSR count). The first-order valence-corrected chi connectivity index (χ1v) is 7.22. The minimum Gasteiger partial charge on any atom is -0.338 e. The van der Waals surface area contributed by atoms with Gasteiger partial charge in [0.25, 0.3) is 0 Å². The molecule has 0 saturated carbocycles. The summed E-state index contributed by atoms with van der Waals surface area (Å²) in [6, 6.07) is 13.9. The Kier molecular flexibility index (Phi) is 3.75. The summed E-state index contributed by atoms with van der Waals surface area (Å²) in [5.74, 6) is -0.443. The van der Waals surface area contributed by atoms with E-state index >= 15 is 0 Å². The molecule has 1 aromatic heterocycles. The van der Waals surface area contributed by atoms with Crippen LogP contribution < -0.4 is 5.32 Å². The number of fused-ring (bicyclic) bond motifs is 1. The van der Waals surface area contributed by atoms with Gasteiger partial charge in [-0.25, -0.2) is 4.39 Å². The summed E-state index contributed by atoms with van der Waals surface area (Å²) in [5, 5.41) is 3.35. The van der Waals surface area contributed by atoms with E-state index in [9.17, 15) is 9.18 Å². The highest BCUT2D eigenvalue weighted by Crippen LogP contribution is 2.22. The van der Waals surface area contributed by atoms with Crippen LogP contribution in [0, 0.1) is 5.82 Å². The Morgan fingerprint density at radius 1 is 1.14 bits per heavy atom. The minimum absolute atomic E-state index is 0.133. The van der Waals surface area contributed by atoms with Gasteiger partial charge in [0.15, 0.2) is 0 Å². The molecule has 1 amide bonds. The summed E-state index contributed by atoms with van der Waals surface area (Å²) < 4.78 is 16.2. The molecule has 0 aliphatic heterocycles.